The zero-order valence-electron chi connectivity index (χ0n) is 16.9. The molecule has 0 saturated carbocycles. The van der Waals surface area contributed by atoms with Crippen LogP contribution in [0.3, 0.4) is 0 Å². The Labute approximate surface area is 182 Å². The molecule has 6 N–H and O–H groups in total. The lowest BCUT2D eigenvalue weighted by atomic mass is 10.0. The highest BCUT2D eigenvalue weighted by atomic mass is 16.3. The summed E-state index contributed by atoms with van der Waals surface area (Å²) in [7, 11) is 0. The standard InChI is InChI=1S/C22H20N8O2/c1-2-13-10-15(12-17(31)11-13)18(27-16-6-4-14(5-7-16)19(23)24)20-28-22(32)30(29-20)21-25-8-3-9-26-21/h2-12,18,27,31H,1H2,(H3,23,24)(H,28,29,32)/t18-/m0/s1. The van der Waals surface area contributed by atoms with Gasteiger partial charge in [0.2, 0.25) is 0 Å². The van der Waals surface area contributed by atoms with Gasteiger partial charge in [0.05, 0.1) is 0 Å². The monoisotopic (exact) mass is 428 g/mol. The lowest BCUT2D eigenvalue weighted by molar-refractivity contribution is 0.474. The van der Waals surface area contributed by atoms with Crippen LogP contribution in [0.15, 0.2) is 72.3 Å². The molecule has 2 aromatic carbocycles. The fourth-order valence-electron chi connectivity index (χ4n) is 3.17. The number of hydrogen-bond acceptors (Lipinski definition) is 7. The second-order valence-corrected chi connectivity index (χ2v) is 6.91. The van der Waals surface area contributed by atoms with Crippen molar-refractivity contribution < 1.29 is 5.11 Å². The number of nitrogen functional groups attached to an aromatic ring is 1. The van der Waals surface area contributed by atoms with Crippen molar-refractivity contribution in [1.82, 2.24) is 24.7 Å². The van der Waals surface area contributed by atoms with E-state index in [1.807, 2.05) is 6.07 Å². The summed E-state index contributed by atoms with van der Waals surface area (Å²) in [6.45, 7) is 3.76. The smallest absolute Gasteiger partial charge is 0.350 e. The number of benzene rings is 2. The number of hydrogen-bond donors (Lipinski definition) is 5. The number of nitrogens with zero attached hydrogens (tertiary/aromatic N) is 4. The van der Waals surface area contributed by atoms with Crippen LogP contribution in [0.2, 0.25) is 0 Å². The molecule has 1 atom stereocenters. The van der Waals surface area contributed by atoms with Crippen molar-refractivity contribution in [2.45, 2.75) is 6.04 Å². The largest absolute Gasteiger partial charge is 0.508 e. The molecule has 2 aromatic heterocycles. The molecule has 0 saturated heterocycles. The number of nitrogens with one attached hydrogen (secondary N) is 3. The SMILES string of the molecule is C=Cc1cc(O)cc([C@H](Nc2ccc(C(=N)N)cc2)c2nn(-c3ncccn3)c(=O)[nH]2)c1. The van der Waals surface area contributed by atoms with E-state index in [2.05, 4.69) is 31.9 Å². The zero-order valence-corrected chi connectivity index (χ0v) is 16.9. The minimum Gasteiger partial charge on any atom is -0.508 e. The number of aromatic amines is 1. The molecular weight excluding hydrogens is 408 g/mol. The fourth-order valence-corrected chi connectivity index (χ4v) is 3.17. The highest BCUT2D eigenvalue weighted by Crippen LogP contribution is 2.28. The Morgan fingerprint density at radius 1 is 1.22 bits per heavy atom. The number of aromatic nitrogens is 5. The summed E-state index contributed by atoms with van der Waals surface area (Å²) in [5.41, 5.74) is 7.64. The van der Waals surface area contributed by atoms with E-state index in [1.54, 1.807) is 48.5 Å². The average molecular weight is 428 g/mol. The average Bonchev–Trinajstić information content (AvgIpc) is 3.19. The molecule has 0 unspecified atom stereocenters. The second kappa shape index (κ2) is 8.56. The third kappa shape index (κ3) is 4.24. The lowest BCUT2D eigenvalue weighted by Gasteiger charge is -2.19. The normalized spacial score (nSPS) is 11.6. The first-order chi connectivity index (χ1) is 15.4. The van der Waals surface area contributed by atoms with Gasteiger partial charge in [-0.05, 0) is 59.7 Å². The van der Waals surface area contributed by atoms with E-state index >= 15 is 0 Å². The zero-order chi connectivity index (χ0) is 22.7. The first kappa shape index (κ1) is 20.5. The maximum atomic E-state index is 12.6. The van der Waals surface area contributed by atoms with Crippen molar-refractivity contribution in [1.29, 1.82) is 5.41 Å². The second-order valence-electron chi connectivity index (χ2n) is 6.91. The Morgan fingerprint density at radius 2 is 1.94 bits per heavy atom. The molecule has 32 heavy (non-hydrogen) atoms. The Kier molecular flexibility index (Phi) is 5.49. The van der Waals surface area contributed by atoms with Gasteiger partial charge in [0.25, 0.3) is 5.95 Å². The van der Waals surface area contributed by atoms with Gasteiger partial charge in [0.15, 0.2) is 5.82 Å². The number of aromatic hydroxyl groups is 1. The van der Waals surface area contributed by atoms with Gasteiger partial charge in [-0.25, -0.2) is 14.8 Å². The number of phenolic OH excluding ortho intramolecular Hbond substituents is 1. The molecule has 4 aromatic rings. The molecule has 0 bridgehead atoms. The van der Waals surface area contributed by atoms with Gasteiger partial charge in [0.1, 0.15) is 17.6 Å². The van der Waals surface area contributed by atoms with Crippen molar-refractivity contribution in [3.8, 4) is 11.7 Å². The minimum atomic E-state index is -0.637. The van der Waals surface area contributed by atoms with Crippen molar-refractivity contribution in [2.24, 2.45) is 5.73 Å². The molecule has 0 amide bonds. The van der Waals surface area contributed by atoms with Crippen molar-refractivity contribution in [3.63, 3.8) is 0 Å². The molecular formula is C22H20N8O2. The number of amidine groups is 1. The number of rotatable bonds is 7. The highest BCUT2D eigenvalue weighted by Gasteiger charge is 2.22. The number of nitrogens with two attached hydrogens (primary N) is 1. The predicted octanol–water partition coefficient (Wildman–Crippen LogP) is 2.18. The van der Waals surface area contributed by atoms with Crippen LogP contribution in [-0.2, 0) is 0 Å². The first-order valence-corrected chi connectivity index (χ1v) is 9.58. The molecule has 0 fully saturated rings. The molecule has 0 aliphatic carbocycles. The Morgan fingerprint density at radius 3 is 2.59 bits per heavy atom. The number of phenols is 1. The summed E-state index contributed by atoms with van der Waals surface area (Å²) in [6, 6.07) is 12.9. The summed E-state index contributed by atoms with van der Waals surface area (Å²) in [6.07, 6.45) is 4.64. The van der Waals surface area contributed by atoms with E-state index in [1.165, 1.54) is 12.4 Å². The van der Waals surface area contributed by atoms with E-state index in [4.69, 9.17) is 11.1 Å². The summed E-state index contributed by atoms with van der Waals surface area (Å²) in [5.74, 6) is 0.429. The van der Waals surface area contributed by atoms with Gasteiger partial charge < -0.3 is 16.2 Å². The molecule has 0 spiro atoms. The molecule has 2 heterocycles. The lowest BCUT2D eigenvalue weighted by Crippen LogP contribution is -2.18. The van der Waals surface area contributed by atoms with Crippen molar-refractivity contribution >= 4 is 17.6 Å². The summed E-state index contributed by atoms with van der Waals surface area (Å²) in [4.78, 5) is 23.5. The summed E-state index contributed by atoms with van der Waals surface area (Å²) in [5, 5.41) is 25.4. The van der Waals surface area contributed by atoms with Crippen molar-refractivity contribution in [3.05, 3.63) is 101 Å². The van der Waals surface area contributed by atoms with E-state index < -0.39 is 11.7 Å². The summed E-state index contributed by atoms with van der Waals surface area (Å²) < 4.78 is 1.07. The molecule has 0 radical (unpaired) electrons. The number of H-pyrrole nitrogens is 1. The van der Waals surface area contributed by atoms with Crippen LogP contribution in [0.5, 0.6) is 5.75 Å². The Bertz CT molecular complexity index is 1330. The van der Waals surface area contributed by atoms with Crippen LogP contribution in [0.1, 0.15) is 28.6 Å². The van der Waals surface area contributed by atoms with E-state index in [9.17, 15) is 9.90 Å². The number of anilines is 1. The van der Waals surface area contributed by atoms with Gasteiger partial charge >= 0.3 is 5.69 Å². The van der Waals surface area contributed by atoms with Crippen LogP contribution in [-0.4, -0.2) is 35.7 Å². The predicted molar refractivity (Wildman–Crippen MR) is 121 cm³/mol. The molecule has 0 aliphatic rings. The van der Waals surface area contributed by atoms with Gasteiger partial charge in [-0.3, -0.25) is 10.4 Å². The molecule has 10 heteroatoms. The third-order valence-electron chi connectivity index (χ3n) is 4.69. The van der Waals surface area contributed by atoms with Crippen LogP contribution < -0.4 is 16.7 Å². The van der Waals surface area contributed by atoms with Crippen LogP contribution in [0, 0.1) is 5.41 Å². The van der Waals surface area contributed by atoms with Gasteiger partial charge in [-0.2, -0.15) is 0 Å². The molecule has 4 rings (SSSR count). The van der Waals surface area contributed by atoms with E-state index in [-0.39, 0.29) is 17.5 Å². The van der Waals surface area contributed by atoms with Gasteiger partial charge in [-0.15, -0.1) is 9.78 Å². The molecule has 160 valence electrons. The van der Waals surface area contributed by atoms with Crippen LogP contribution in [0.25, 0.3) is 12.0 Å². The van der Waals surface area contributed by atoms with Crippen molar-refractivity contribution in [2.75, 3.05) is 5.32 Å². The Hall–Kier alpha value is -4.73. The van der Waals surface area contributed by atoms with Crippen LogP contribution >= 0.6 is 0 Å². The minimum absolute atomic E-state index is 0.0392. The Balaban J connectivity index is 1.79. The van der Waals surface area contributed by atoms with E-state index in [0.717, 1.165) is 4.68 Å². The summed E-state index contributed by atoms with van der Waals surface area (Å²) >= 11 is 0. The van der Waals surface area contributed by atoms with Gasteiger partial charge in [0, 0.05) is 23.6 Å². The van der Waals surface area contributed by atoms with E-state index in [0.29, 0.717) is 28.2 Å². The molecule has 0 aliphatic heterocycles. The third-order valence-corrected chi connectivity index (χ3v) is 4.69. The quantitative estimate of drug-likeness (QED) is 0.223. The first-order valence-electron chi connectivity index (χ1n) is 9.58. The topological polar surface area (TPSA) is 159 Å². The van der Waals surface area contributed by atoms with Gasteiger partial charge in [-0.1, -0.05) is 12.7 Å². The van der Waals surface area contributed by atoms with Crippen LogP contribution in [0.4, 0.5) is 5.69 Å². The maximum absolute atomic E-state index is 12.6. The molecule has 10 nitrogen and oxygen atoms in total. The maximum Gasteiger partial charge on any atom is 0.350 e. The fraction of sp³-hybridized carbons (Fsp3) is 0.0455. The highest BCUT2D eigenvalue weighted by molar-refractivity contribution is 5.95.